The fourth-order valence-electron chi connectivity index (χ4n) is 1.12. The number of ketones is 1. The molecule has 0 aromatic carbocycles. The van der Waals surface area contributed by atoms with Gasteiger partial charge >= 0.3 is 0 Å². The van der Waals surface area contributed by atoms with Crippen molar-refractivity contribution in [1.82, 2.24) is 0 Å². The van der Waals surface area contributed by atoms with Crippen molar-refractivity contribution in [2.75, 3.05) is 0 Å². The second-order valence-electron chi connectivity index (χ2n) is 2.80. The van der Waals surface area contributed by atoms with Crippen molar-refractivity contribution < 1.29 is 14.3 Å². The SMILES string of the molecule is CC(=O)[C@@H]1O[C@@H]1CCCC=O. The smallest absolute Gasteiger partial charge is 0.161 e. The van der Waals surface area contributed by atoms with Crippen LogP contribution >= 0.6 is 0 Å². The third kappa shape index (κ3) is 2.42. The lowest BCUT2D eigenvalue weighted by atomic mass is 10.1. The fourth-order valence-corrected chi connectivity index (χ4v) is 1.12. The van der Waals surface area contributed by atoms with Crippen LogP contribution in [-0.2, 0) is 14.3 Å². The summed E-state index contributed by atoms with van der Waals surface area (Å²) in [4.78, 5) is 20.6. The first-order valence-electron chi connectivity index (χ1n) is 3.85. The summed E-state index contributed by atoms with van der Waals surface area (Å²) in [5, 5.41) is 0. The van der Waals surface area contributed by atoms with Gasteiger partial charge in [0.25, 0.3) is 0 Å². The summed E-state index contributed by atoms with van der Waals surface area (Å²) in [6, 6.07) is 0. The topological polar surface area (TPSA) is 46.7 Å². The minimum absolute atomic E-state index is 0.0982. The third-order valence-corrected chi connectivity index (χ3v) is 1.79. The molecule has 1 rings (SSSR count). The highest BCUT2D eigenvalue weighted by Gasteiger charge is 2.41. The van der Waals surface area contributed by atoms with Crippen molar-refractivity contribution in [2.45, 2.75) is 38.4 Å². The van der Waals surface area contributed by atoms with Crippen molar-refractivity contribution in [3.05, 3.63) is 0 Å². The first-order valence-corrected chi connectivity index (χ1v) is 3.85. The first-order chi connectivity index (χ1) is 5.25. The van der Waals surface area contributed by atoms with Crippen LogP contribution in [0.1, 0.15) is 26.2 Å². The number of unbranched alkanes of at least 4 members (excludes halogenated alkanes) is 1. The molecule has 0 N–H and O–H groups in total. The molecule has 3 nitrogen and oxygen atoms in total. The van der Waals surface area contributed by atoms with Crippen LogP contribution in [0.4, 0.5) is 0 Å². The summed E-state index contributed by atoms with van der Waals surface area (Å²) >= 11 is 0. The van der Waals surface area contributed by atoms with E-state index < -0.39 is 0 Å². The number of aldehydes is 1. The van der Waals surface area contributed by atoms with Crippen LogP contribution in [0.5, 0.6) is 0 Å². The molecule has 0 aromatic heterocycles. The predicted octanol–water partition coefficient (Wildman–Crippen LogP) is 0.712. The van der Waals surface area contributed by atoms with E-state index in [2.05, 4.69) is 0 Å². The number of Topliss-reactive ketones (excluding diaryl/α,β-unsaturated/α-hetero) is 1. The van der Waals surface area contributed by atoms with Crippen molar-refractivity contribution in [1.29, 1.82) is 0 Å². The lowest BCUT2D eigenvalue weighted by Gasteiger charge is -1.88. The van der Waals surface area contributed by atoms with Crippen LogP contribution in [-0.4, -0.2) is 24.3 Å². The lowest BCUT2D eigenvalue weighted by Crippen LogP contribution is -2.04. The van der Waals surface area contributed by atoms with E-state index in [0.717, 1.165) is 19.1 Å². The Morgan fingerprint density at radius 1 is 1.64 bits per heavy atom. The molecule has 0 spiro atoms. The maximum atomic E-state index is 10.7. The number of epoxide rings is 1. The van der Waals surface area contributed by atoms with Gasteiger partial charge in [0.2, 0.25) is 0 Å². The normalized spacial score (nSPS) is 28.1. The van der Waals surface area contributed by atoms with Crippen molar-refractivity contribution in [3.63, 3.8) is 0 Å². The third-order valence-electron chi connectivity index (χ3n) is 1.79. The van der Waals surface area contributed by atoms with Gasteiger partial charge in [0.1, 0.15) is 12.4 Å². The van der Waals surface area contributed by atoms with E-state index in [1.807, 2.05) is 0 Å². The van der Waals surface area contributed by atoms with Gasteiger partial charge in [-0.05, 0) is 19.8 Å². The molecule has 11 heavy (non-hydrogen) atoms. The quantitative estimate of drug-likeness (QED) is 0.334. The molecular weight excluding hydrogens is 144 g/mol. The van der Waals surface area contributed by atoms with Crippen LogP contribution in [0.15, 0.2) is 0 Å². The molecule has 1 aliphatic rings. The van der Waals surface area contributed by atoms with Gasteiger partial charge in [0.05, 0.1) is 6.10 Å². The van der Waals surface area contributed by atoms with Crippen molar-refractivity contribution >= 4 is 12.1 Å². The molecule has 3 heteroatoms. The van der Waals surface area contributed by atoms with Gasteiger partial charge in [-0.3, -0.25) is 4.79 Å². The highest BCUT2D eigenvalue weighted by atomic mass is 16.6. The Morgan fingerprint density at radius 3 is 2.82 bits per heavy atom. The summed E-state index contributed by atoms with van der Waals surface area (Å²) in [5.74, 6) is 0.0982. The highest BCUT2D eigenvalue weighted by Crippen LogP contribution is 2.27. The Hall–Kier alpha value is -0.700. The highest BCUT2D eigenvalue weighted by molar-refractivity contribution is 5.83. The van der Waals surface area contributed by atoms with Gasteiger partial charge < -0.3 is 9.53 Å². The van der Waals surface area contributed by atoms with Gasteiger partial charge in [0.15, 0.2) is 5.78 Å². The van der Waals surface area contributed by atoms with Gasteiger partial charge in [-0.1, -0.05) is 0 Å². The number of hydrogen-bond acceptors (Lipinski definition) is 3. The molecule has 0 aromatic rings. The summed E-state index contributed by atoms with van der Waals surface area (Å²) in [7, 11) is 0. The monoisotopic (exact) mass is 156 g/mol. The summed E-state index contributed by atoms with van der Waals surface area (Å²) in [6.45, 7) is 1.53. The van der Waals surface area contributed by atoms with Crippen LogP contribution in [0.25, 0.3) is 0 Å². The summed E-state index contributed by atoms with van der Waals surface area (Å²) in [5.41, 5.74) is 0. The number of carbonyl (C=O) groups excluding carboxylic acids is 2. The molecule has 1 aliphatic heterocycles. The average molecular weight is 156 g/mol. The zero-order valence-electron chi connectivity index (χ0n) is 6.58. The van der Waals surface area contributed by atoms with E-state index >= 15 is 0 Å². The standard InChI is InChI=1S/C8H12O3/c1-6(10)8-7(11-8)4-2-3-5-9/h5,7-8H,2-4H2,1H3/t7-,8+/m1/s1. The van der Waals surface area contributed by atoms with E-state index in [4.69, 9.17) is 4.74 Å². The van der Waals surface area contributed by atoms with Crippen LogP contribution < -0.4 is 0 Å². The molecule has 1 saturated heterocycles. The summed E-state index contributed by atoms with van der Waals surface area (Å²) < 4.78 is 5.06. The Morgan fingerprint density at radius 2 is 2.36 bits per heavy atom. The van der Waals surface area contributed by atoms with E-state index in [1.165, 1.54) is 6.92 Å². The average Bonchev–Trinajstić information content (AvgIpc) is 2.68. The zero-order valence-corrected chi connectivity index (χ0v) is 6.58. The van der Waals surface area contributed by atoms with Crippen LogP contribution in [0, 0.1) is 0 Å². The van der Waals surface area contributed by atoms with E-state index in [0.29, 0.717) is 6.42 Å². The number of carbonyl (C=O) groups is 2. The van der Waals surface area contributed by atoms with E-state index in [-0.39, 0.29) is 18.0 Å². The minimum Gasteiger partial charge on any atom is -0.361 e. The van der Waals surface area contributed by atoms with Gasteiger partial charge in [-0.25, -0.2) is 0 Å². The van der Waals surface area contributed by atoms with E-state index in [9.17, 15) is 9.59 Å². The van der Waals surface area contributed by atoms with E-state index in [1.54, 1.807) is 0 Å². The molecule has 62 valence electrons. The maximum Gasteiger partial charge on any atom is 0.161 e. The van der Waals surface area contributed by atoms with Gasteiger partial charge in [0, 0.05) is 6.42 Å². The Balaban J connectivity index is 2.04. The molecule has 0 saturated carbocycles. The Kier molecular flexibility index (Phi) is 2.76. The molecule has 2 atom stereocenters. The number of ether oxygens (including phenoxy) is 1. The molecule has 0 radical (unpaired) electrons. The fraction of sp³-hybridized carbons (Fsp3) is 0.750. The molecule has 1 heterocycles. The first kappa shape index (κ1) is 8.40. The maximum absolute atomic E-state index is 10.7. The van der Waals surface area contributed by atoms with Crippen LogP contribution in [0.3, 0.4) is 0 Å². The second kappa shape index (κ2) is 3.62. The van der Waals surface area contributed by atoms with Crippen LogP contribution in [0.2, 0.25) is 0 Å². The summed E-state index contributed by atoms with van der Waals surface area (Å²) in [6.07, 6.45) is 3.07. The molecule has 0 bridgehead atoms. The van der Waals surface area contributed by atoms with Crippen molar-refractivity contribution in [3.8, 4) is 0 Å². The predicted molar refractivity (Wildman–Crippen MR) is 39.3 cm³/mol. The van der Waals surface area contributed by atoms with Gasteiger partial charge in [-0.15, -0.1) is 0 Å². The largest absolute Gasteiger partial charge is 0.361 e. The Bertz CT molecular complexity index is 165. The molecule has 0 amide bonds. The number of rotatable bonds is 5. The molecule has 1 fully saturated rings. The second-order valence-corrected chi connectivity index (χ2v) is 2.80. The lowest BCUT2D eigenvalue weighted by molar-refractivity contribution is -0.118. The molecule has 0 aliphatic carbocycles. The van der Waals surface area contributed by atoms with Crippen molar-refractivity contribution in [2.24, 2.45) is 0 Å². The Labute approximate surface area is 65.7 Å². The molecule has 0 unspecified atom stereocenters. The van der Waals surface area contributed by atoms with Gasteiger partial charge in [-0.2, -0.15) is 0 Å². The molecular formula is C8H12O3. The number of hydrogen-bond donors (Lipinski definition) is 0. The zero-order chi connectivity index (χ0) is 8.27. The minimum atomic E-state index is -0.165.